The van der Waals surface area contributed by atoms with Crippen LogP contribution in [0.3, 0.4) is 0 Å². The number of esters is 1. The summed E-state index contributed by atoms with van der Waals surface area (Å²) in [6, 6.07) is 0. The van der Waals surface area contributed by atoms with Crippen LogP contribution in [0.5, 0.6) is 0 Å². The van der Waals surface area contributed by atoms with Crippen LogP contribution < -0.4 is 5.32 Å². The Kier molecular flexibility index (Phi) is 9.55. The number of guanidine groups is 1. The Labute approximate surface area is 179 Å². The van der Waals surface area contributed by atoms with E-state index in [0.717, 1.165) is 37.7 Å². The van der Waals surface area contributed by atoms with Crippen molar-refractivity contribution in [3.8, 4) is 0 Å². The summed E-state index contributed by atoms with van der Waals surface area (Å²) in [6.07, 6.45) is 3.58. The summed E-state index contributed by atoms with van der Waals surface area (Å²) in [6.45, 7) is 13.2. The Morgan fingerprint density at radius 2 is 2.19 bits per heavy atom. The molecule has 0 amide bonds. The number of oxazole rings is 1. The molecule has 2 heterocycles. The van der Waals surface area contributed by atoms with Crippen molar-refractivity contribution < 1.29 is 13.9 Å². The van der Waals surface area contributed by atoms with Gasteiger partial charge < -0.3 is 19.4 Å². The molecule has 8 heteroatoms. The van der Waals surface area contributed by atoms with Gasteiger partial charge in [0.1, 0.15) is 12.3 Å². The van der Waals surface area contributed by atoms with Gasteiger partial charge in [-0.25, -0.2) is 9.98 Å². The monoisotopic (exact) mass is 492 g/mol. The van der Waals surface area contributed by atoms with Crippen molar-refractivity contribution >= 4 is 35.9 Å². The summed E-state index contributed by atoms with van der Waals surface area (Å²) in [5.41, 5.74) is -0.0702. The standard InChI is InChI=1S/C19H32N4O3.HI/c1-6-20-18(22-12-16-21-11-15(26-16)19(3,4)5)23-10-8-9-14(13-23)17(24)25-7-2;/h11,14H,6-10,12-13H2,1-5H3,(H,20,22);1H. The normalized spacial score (nSPS) is 18.0. The van der Waals surface area contributed by atoms with Crippen molar-refractivity contribution in [3.05, 3.63) is 17.8 Å². The number of halogens is 1. The molecule has 1 aromatic rings. The molecular weight excluding hydrogens is 459 g/mol. The molecule has 1 fully saturated rings. The minimum absolute atomic E-state index is 0. The minimum atomic E-state index is -0.115. The fraction of sp³-hybridized carbons (Fsp3) is 0.737. The smallest absolute Gasteiger partial charge is 0.310 e. The van der Waals surface area contributed by atoms with Crippen LogP contribution in [0.15, 0.2) is 15.6 Å². The second-order valence-corrected chi connectivity index (χ2v) is 7.58. The lowest BCUT2D eigenvalue weighted by molar-refractivity contribution is -0.149. The van der Waals surface area contributed by atoms with E-state index < -0.39 is 0 Å². The van der Waals surface area contributed by atoms with Crippen LogP contribution in [0, 0.1) is 5.92 Å². The Hall–Kier alpha value is -1.32. The number of carbonyl (C=O) groups excluding carboxylic acids is 1. The number of likely N-dealkylation sites (tertiary alicyclic amines) is 1. The molecule has 1 aliphatic rings. The largest absolute Gasteiger partial charge is 0.466 e. The zero-order valence-corrected chi connectivity index (χ0v) is 19.4. The molecule has 1 saturated heterocycles. The number of hydrogen-bond donors (Lipinski definition) is 1. The number of hydrogen-bond acceptors (Lipinski definition) is 5. The molecule has 1 aromatic heterocycles. The third-order valence-electron chi connectivity index (χ3n) is 4.33. The van der Waals surface area contributed by atoms with Crippen molar-refractivity contribution in [2.45, 2.75) is 59.4 Å². The summed E-state index contributed by atoms with van der Waals surface area (Å²) in [5.74, 6) is 2.03. The maximum atomic E-state index is 12.1. The van der Waals surface area contributed by atoms with E-state index in [4.69, 9.17) is 9.15 Å². The summed E-state index contributed by atoms with van der Waals surface area (Å²) in [4.78, 5) is 23.2. The summed E-state index contributed by atoms with van der Waals surface area (Å²) < 4.78 is 11.0. The number of aliphatic imine (C=N–C) groups is 1. The first kappa shape index (κ1) is 23.7. The fourth-order valence-corrected chi connectivity index (χ4v) is 2.92. The molecule has 0 bridgehead atoms. The highest BCUT2D eigenvalue weighted by molar-refractivity contribution is 14.0. The van der Waals surface area contributed by atoms with Gasteiger partial charge >= 0.3 is 5.97 Å². The molecular formula is C19H33IN4O3. The van der Waals surface area contributed by atoms with E-state index >= 15 is 0 Å². The lowest BCUT2D eigenvalue weighted by Crippen LogP contribution is -2.48. The van der Waals surface area contributed by atoms with Crippen molar-refractivity contribution in [2.24, 2.45) is 10.9 Å². The van der Waals surface area contributed by atoms with E-state index in [0.29, 0.717) is 25.6 Å². The Morgan fingerprint density at radius 3 is 2.78 bits per heavy atom. The van der Waals surface area contributed by atoms with Crippen molar-refractivity contribution in [1.82, 2.24) is 15.2 Å². The van der Waals surface area contributed by atoms with Crippen LogP contribution in [0.4, 0.5) is 0 Å². The third kappa shape index (κ3) is 6.97. The SMILES string of the molecule is CCNC(=NCc1ncc(C(C)(C)C)o1)N1CCCC(C(=O)OCC)C1.I. The first-order valence-electron chi connectivity index (χ1n) is 9.50. The van der Waals surface area contributed by atoms with Crippen molar-refractivity contribution in [2.75, 3.05) is 26.2 Å². The number of nitrogens with one attached hydrogen (secondary N) is 1. The second kappa shape index (κ2) is 10.9. The maximum Gasteiger partial charge on any atom is 0.310 e. The zero-order valence-electron chi connectivity index (χ0n) is 17.1. The Bertz CT molecular complexity index is 625. The zero-order chi connectivity index (χ0) is 19.2. The van der Waals surface area contributed by atoms with Crippen LogP contribution in [0.1, 0.15) is 59.1 Å². The predicted octanol–water partition coefficient (Wildman–Crippen LogP) is 3.33. The molecule has 7 nitrogen and oxygen atoms in total. The van der Waals surface area contributed by atoms with Gasteiger partial charge in [0.05, 0.1) is 18.7 Å². The molecule has 1 aliphatic heterocycles. The van der Waals surface area contributed by atoms with E-state index in [9.17, 15) is 4.79 Å². The number of nitrogens with zero attached hydrogens (tertiary/aromatic N) is 3. The molecule has 0 radical (unpaired) electrons. The van der Waals surface area contributed by atoms with Gasteiger partial charge in [0.2, 0.25) is 5.89 Å². The fourth-order valence-electron chi connectivity index (χ4n) is 2.92. The van der Waals surface area contributed by atoms with Gasteiger partial charge in [0.15, 0.2) is 5.96 Å². The lowest BCUT2D eigenvalue weighted by atomic mass is 9.94. The van der Waals surface area contributed by atoms with Crippen LogP contribution >= 0.6 is 24.0 Å². The lowest BCUT2D eigenvalue weighted by Gasteiger charge is -2.33. The van der Waals surface area contributed by atoms with E-state index in [1.165, 1.54) is 0 Å². The average molecular weight is 492 g/mol. The summed E-state index contributed by atoms with van der Waals surface area (Å²) in [5, 5.41) is 3.31. The molecule has 1 unspecified atom stereocenters. The number of piperidine rings is 1. The molecule has 0 aromatic carbocycles. The van der Waals surface area contributed by atoms with Crippen LogP contribution in [-0.4, -0.2) is 48.1 Å². The minimum Gasteiger partial charge on any atom is -0.466 e. The first-order chi connectivity index (χ1) is 12.3. The van der Waals surface area contributed by atoms with Crippen LogP contribution in [0.2, 0.25) is 0 Å². The van der Waals surface area contributed by atoms with Gasteiger partial charge in [-0.2, -0.15) is 0 Å². The topological polar surface area (TPSA) is 80.0 Å². The summed E-state index contributed by atoms with van der Waals surface area (Å²) >= 11 is 0. The van der Waals surface area contributed by atoms with Crippen LogP contribution in [-0.2, 0) is 21.5 Å². The number of ether oxygens (including phenoxy) is 1. The average Bonchev–Trinajstić information content (AvgIpc) is 3.08. The quantitative estimate of drug-likeness (QED) is 0.294. The number of carbonyl (C=O) groups is 1. The van der Waals surface area contributed by atoms with Gasteiger partial charge in [0, 0.05) is 25.0 Å². The highest BCUT2D eigenvalue weighted by atomic mass is 127. The van der Waals surface area contributed by atoms with Gasteiger partial charge in [-0.1, -0.05) is 20.8 Å². The molecule has 0 saturated carbocycles. The first-order valence-corrected chi connectivity index (χ1v) is 9.50. The Balaban J connectivity index is 0.00000364. The third-order valence-corrected chi connectivity index (χ3v) is 4.33. The highest BCUT2D eigenvalue weighted by Gasteiger charge is 2.28. The second-order valence-electron chi connectivity index (χ2n) is 7.58. The number of aromatic nitrogens is 1. The van der Waals surface area contributed by atoms with Gasteiger partial charge in [0.25, 0.3) is 0 Å². The van der Waals surface area contributed by atoms with E-state index in [1.54, 1.807) is 6.20 Å². The molecule has 27 heavy (non-hydrogen) atoms. The van der Waals surface area contributed by atoms with Gasteiger partial charge in [-0.3, -0.25) is 4.79 Å². The van der Waals surface area contributed by atoms with Crippen LogP contribution in [0.25, 0.3) is 0 Å². The molecule has 2 rings (SSSR count). The summed E-state index contributed by atoms with van der Waals surface area (Å²) in [7, 11) is 0. The predicted molar refractivity (Wildman–Crippen MR) is 116 cm³/mol. The molecule has 0 spiro atoms. The van der Waals surface area contributed by atoms with Gasteiger partial charge in [-0.05, 0) is 26.7 Å². The molecule has 154 valence electrons. The van der Waals surface area contributed by atoms with E-state index in [1.807, 2.05) is 13.8 Å². The molecule has 1 atom stereocenters. The maximum absolute atomic E-state index is 12.1. The Morgan fingerprint density at radius 1 is 1.44 bits per heavy atom. The number of rotatable bonds is 5. The van der Waals surface area contributed by atoms with E-state index in [2.05, 4.69) is 41.0 Å². The highest BCUT2D eigenvalue weighted by Crippen LogP contribution is 2.23. The van der Waals surface area contributed by atoms with Crippen molar-refractivity contribution in [3.63, 3.8) is 0 Å². The molecule has 1 N–H and O–H groups in total. The van der Waals surface area contributed by atoms with E-state index in [-0.39, 0.29) is 41.3 Å². The van der Waals surface area contributed by atoms with Crippen molar-refractivity contribution in [1.29, 1.82) is 0 Å². The molecule has 0 aliphatic carbocycles. The van der Waals surface area contributed by atoms with Gasteiger partial charge in [-0.15, -0.1) is 24.0 Å².